The minimum Gasteiger partial charge on any atom is -1.00 e. The van der Waals surface area contributed by atoms with E-state index in [0.29, 0.717) is 0 Å². The van der Waals surface area contributed by atoms with Crippen molar-refractivity contribution in [3.63, 3.8) is 0 Å². The van der Waals surface area contributed by atoms with E-state index >= 15 is 0 Å². The maximum atomic E-state index is 11.0. The molecule has 13 nitrogen and oxygen atoms in total. The molecule has 0 aliphatic heterocycles. The second kappa shape index (κ2) is 17.6. The summed E-state index contributed by atoms with van der Waals surface area (Å²) in [6, 6.07) is 0. The molecular formula is C14H24FeN3NaO10. The molecule has 0 aromatic heterocycles. The van der Waals surface area contributed by atoms with Crippen molar-refractivity contribution >= 4 is 29.8 Å². The van der Waals surface area contributed by atoms with E-state index in [1.165, 1.54) is 4.90 Å². The number of carboxylic acids is 5. The van der Waals surface area contributed by atoms with E-state index in [9.17, 15) is 24.0 Å². The Labute approximate surface area is 200 Å². The van der Waals surface area contributed by atoms with E-state index in [-0.39, 0.29) is 74.2 Å². The summed E-state index contributed by atoms with van der Waals surface area (Å²) in [5.74, 6) is -6.16. The van der Waals surface area contributed by atoms with Crippen LogP contribution in [0.5, 0.6) is 0 Å². The molecule has 0 aliphatic carbocycles. The van der Waals surface area contributed by atoms with Gasteiger partial charge in [0, 0.05) is 43.2 Å². The summed E-state index contributed by atoms with van der Waals surface area (Å²) in [6.45, 7) is -2.74. The summed E-state index contributed by atoms with van der Waals surface area (Å²) in [4.78, 5) is 57.6. The minimum absolute atomic E-state index is 0. The second-order valence-electron chi connectivity index (χ2n) is 5.67. The Morgan fingerprint density at radius 2 is 0.655 bits per heavy atom. The van der Waals surface area contributed by atoms with E-state index in [0.717, 1.165) is 9.80 Å². The quantitative estimate of drug-likeness (QED) is 0.133. The average Bonchev–Trinajstić information content (AvgIpc) is 2.46. The van der Waals surface area contributed by atoms with Crippen LogP contribution < -0.4 is 29.6 Å². The first-order valence-corrected chi connectivity index (χ1v) is 7.75. The van der Waals surface area contributed by atoms with Gasteiger partial charge in [-0.2, -0.15) is 0 Å². The Balaban J connectivity index is -0.00000113. The van der Waals surface area contributed by atoms with Gasteiger partial charge in [0.2, 0.25) is 0 Å². The largest absolute Gasteiger partial charge is 1.00 e. The molecule has 5 N–H and O–H groups in total. The fourth-order valence-electron chi connectivity index (χ4n) is 2.22. The molecule has 164 valence electrons. The Morgan fingerprint density at radius 3 is 0.862 bits per heavy atom. The minimum atomic E-state index is -1.24. The summed E-state index contributed by atoms with van der Waals surface area (Å²) < 4.78 is 0. The average molecular weight is 473 g/mol. The van der Waals surface area contributed by atoms with Crippen molar-refractivity contribution in [2.45, 2.75) is 0 Å². The van der Waals surface area contributed by atoms with E-state index in [2.05, 4.69) is 0 Å². The molecule has 0 aromatic carbocycles. The maximum Gasteiger partial charge on any atom is 1.00 e. The number of carbonyl (C=O) groups is 5. The van der Waals surface area contributed by atoms with Crippen LogP contribution in [-0.2, 0) is 41.0 Å². The third-order valence-electron chi connectivity index (χ3n) is 3.26. The number of aliphatic carboxylic acids is 5. The smallest absolute Gasteiger partial charge is 1.00 e. The summed E-state index contributed by atoms with van der Waals surface area (Å²) in [5.41, 5.74) is 0. The number of hydrogen-bond acceptors (Lipinski definition) is 8. The molecule has 29 heavy (non-hydrogen) atoms. The first kappa shape index (κ1) is 32.4. The third-order valence-corrected chi connectivity index (χ3v) is 3.26. The summed E-state index contributed by atoms with van der Waals surface area (Å²) >= 11 is 0. The third kappa shape index (κ3) is 19.8. The molecule has 0 aromatic rings. The van der Waals surface area contributed by atoms with Gasteiger partial charge in [-0.1, -0.05) is 0 Å². The molecular weight excluding hydrogens is 449 g/mol. The van der Waals surface area contributed by atoms with Gasteiger partial charge in [0.05, 0.1) is 32.7 Å². The zero-order valence-corrected chi connectivity index (χ0v) is 18.9. The van der Waals surface area contributed by atoms with Gasteiger partial charge in [0.1, 0.15) is 0 Å². The van der Waals surface area contributed by atoms with Crippen LogP contribution in [0.1, 0.15) is 1.43 Å². The molecule has 0 rings (SSSR count). The SMILES string of the molecule is O=C(O)CN(CCN(CC(=O)O)CC(=O)O)CCN(CC(=O)O)CC(=O)O.[Fe].[H-].[Na+]. The van der Waals surface area contributed by atoms with Crippen LogP contribution in [-0.4, -0.2) is 129 Å². The van der Waals surface area contributed by atoms with Crippen molar-refractivity contribution in [1.82, 2.24) is 14.7 Å². The zero-order chi connectivity index (χ0) is 21.0. The summed E-state index contributed by atoms with van der Waals surface area (Å²) in [7, 11) is 0. The van der Waals surface area contributed by atoms with Gasteiger partial charge in [-0.3, -0.25) is 38.7 Å². The predicted octanol–water partition coefficient (Wildman–Crippen LogP) is -5.57. The molecule has 0 atom stereocenters. The van der Waals surface area contributed by atoms with Crippen LogP contribution in [0.15, 0.2) is 0 Å². The van der Waals surface area contributed by atoms with Crippen molar-refractivity contribution in [1.29, 1.82) is 0 Å². The van der Waals surface area contributed by atoms with E-state index < -0.39 is 62.6 Å². The molecule has 0 fully saturated rings. The van der Waals surface area contributed by atoms with E-state index in [1.807, 2.05) is 0 Å². The van der Waals surface area contributed by atoms with Crippen LogP contribution in [0.2, 0.25) is 0 Å². The van der Waals surface area contributed by atoms with Crippen molar-refractivity contribution in [2.75, 3.05) is 58.9 Å². The van der Waals surface area contributed by atoms with Crippen molar-refractivity contribution in [3.8, 4) is 0 Å². The summed E-state index contributed by atoms with van der Waals surface area (Å²) in [6.07, 6.45) is 0. The predicted molar refractivity (Wildman–Crippen MR) is 88.6 cm³/mol. The van der Waals surface area contributed by atoms with Gasteiger partial charge in [0.15, 0.2) is 0 Å². The van der Waals surface area contributed by atoms with Crippen LogP contribution in [0.4, 0.5) is 0 Å². The fraction of sp³-hybridized carbons (Fsp3) is 0.643. The Hall–Kier alpha value is -1.25. The number of carboxylic acid groups (broad SMARTS) is 5. The molecule has 0 heterocycles. The van der Waals surface area contributed by atoms with Crippen LogP contribution in [0, 0.1) is 0 Å². The zero-order valence-electron chi connectivity index (χ0n) is 16.8. The maximum absolute atomic E-state index is 11.0. The van der Waals surface area contributed by atoms with Gasteiger partial charge in [-0.25, -0.2) is 0 Å². The molecule has 0 radical (unpaired) electrons. The molecule has 0 saturated carbocycles. The topological polar surface area (TPSA) is 196 Å². The van der Waals surface area contributed by atoms with Gasteiger partial charge in [0.25, 0.3) is 0 Å². The fourth-order valence-corrected chi connectivity index (χ4v) is 2.22. The Kier molecular flexibility index (Phi) is 19.7. The molecule has 0 unspecified atom stereocenters. The monoisotopic (exact) mass is 473 g/mol. The molecule has 0 spiro atoms. The second-order valence-corrected chi connectivity index (χ2v) is 5.67. The molecule has 0 saturated heterocycles. The molecule has 0 aliphatic rings. The van der Waals surface area contributed by atoms with Crippen LogP contribution in [0.3, 0.4) is 0 Å². The van der Waals surface area contributed by atoms with Crippen molar-refractivity contribution in [2.24, 2.45) is 0 Å². The molecule has 0 bridgehead atoms. The van der Waals surface area contributed by atoms with E-state index in [1.54, 1.807) is 0 Å². The standard InChI is InChI=1S/C14H23N3O10.Fe.Na.H/c18-10(19)5-15(1-3-16(6-11(20)21)7-12(22)23)2-4-17(8-13(24)25)9-14(26)27;;;/h1-9H2,(H,18,19)(H,20,21)(H,22,23)(H,24,25)(H,26,27);;;/q;;+1;-1. The Morgan fingerprint density at radius 1 is 0.483 bits per heavy atom. The normalized spacial score (nSPS) is 10.3. The summed E-state index contributed by atoms with van der Waals surface area (Å²) in [5, 5.41) is 44.1. The van der Waals surface area contributed by atoms with Crippen LogP contribution in [0.25, 0.3) is 0 Å². The van der Waals surface area contributed by atoms with Crippen molar-refractivity contribution < 1.29 is 97.6 Å². The van der Waals surface area contributed by atoms with Gasteiger partial charge in [-0.15, -0.1) is 0 Å². The number of rotatable bonds is 16. The van der Waals surface area contributed by atoms with E-state index in [4.69, 9.17) is 25.5 Å². The Bertz CT molecular complexity index is 500. The molecule has 15 heteroatoms. The molecule has 0 amide bonds. The van der Waals surface area contributed by atoms with Gasteiger partial charge in [-0.05, 0) is 0 Å². The van der Waals surface area contributed by atoms with Crippen LogP contribution >= 0.6 is 0 Å². The van der Waals surface area contributed by atoms with Gasteiger partial charge < -0.3 is 27.0 Å². The first-order valence-electron chi connectivity index (χ1n) is 7.75. The number of nitrogens with zero attached hydrogens (tertiary/aromatic N) is 3. The number of hydrogen-bond donors (Lipinski definition) is 5. The van der Waals surface area contributed by atoms with Gasteiger partial charge >= 0.3 is 59.4 Å². The van der Waals surface area contributed by atoms with Crippen molar-refractivity contribution in [3.05, 3.63) is 0 Å². The first-order chi connectivity index (χ1) is 12.5.